The van der Waals surface area contributed by atoms with Crippen LogP contribution in [0.15, 0.2) is 18.2 Å². The maximum absolute atomic E-state index is 9.13. The van der Waals surface area contributed by atoms with Crippen LogP contribution in [0.25, 0.3) is 0 Å². The fraction of sp³-hybridized carbons (Fsp3) is 0.562. The van der Waals surface area contributed by atoms with Crippen LogP contribution in [-0.2, 0) is 6.54 Å². The summed E-state index contributed by atoms with van der Waals surface area (Å²) >= 11 is 0. The summed E-state index contributed by atoms with van der Waals surface area (Å²) in [5, 5.41) is 9.13. The summed E-state index contributed by atoms with van der Waals surface area (Å²) in [4.78, 5) is 2.52. The molecule has 0 amide bonds. The lowest BCUT2D eigenvalue weighted by Gasteiger charge is -2.27. The fourth-order valence-corrected chi connectivity index (χ4v) is 2.94. The van der Waals surface area contributed by atoms with E-state index in [0.717, 1.165) is 19.1 Å². The Kier molecular flexibility index (Phi) is 4.81. The summed E-state index contributed by atoms with van der Waals surface area (Å²) in [6.45, 7) is 4.21. The standard InChI is InChI=1S/C16H22N2O/c1-3-18(15-6-4-5-7-15)12-13-8-9-16(19-2)14(10-13)11-17/h8-10,15H,3-7,12H2,1-2H3. The summed E-state index contributed by atoms with van der Waals surface area (Å²) in [6.07, 6.45) is 5.34. The molecule has 0 radical (unpaired) electrons. The number of nitrogens with zero attached hydrogens (tertiary/aromatic N) is 2. The Labute approximate surface area is 115 Å². The van der Waals surface area contributed by atoms with Gasteiger partial charge in [0.25, 0.3) is 0 Å². The fourth-order valence-electron chi connectivity index (χ4n) is 2.94. The maximum Gasteiger partial charge on any atom is 0.136 e. The van der Waals surface area contributed by atoms with E-state index in [2.05, 4.69) is 24.0 Å². The van der Waals surface area contributed by atoms with Gasteiger partial charge in [0.2, 0.25) is 0 Å². The second-order valence-electron chi connectivity index (χ2n) is 5.15. The SMILES string of the molecule is CCN(Cc1ccc(OC)c(C#N)c1)C1CCCC1. The van der Waals surface area contributed by atoms with E-state index in [1.807, 2.05) is 12.1 Å². The van der Waals surface area contributed by atoms with Gasteiger partial charge in [-0.3, -0.25) is 4.90 Å². The van der Waals surface area contributed by atoms with Crippen molar-refractivity contribution in [3.8, 4) is 11.8 Å². The van der Waals surface area contributed by atoms with E-state index in [9.17, 15) is 0 Å². The average molecular weight is 258 g/mol. The molecular formula is C16H22N2O. The second-order valence-corrected chi connectivity index (χ2v) is 5.15. The number of benzene rings is 1. The molecule has 0 atom stereocenters. The van der Waals surface area contributed by atoms with E-state index >= 15 is 0 Å². The first kappa shape index (κ1) is 13.9. The number of nitriles is 1. The molecule has 0 N–H and O–H groups in total. The van der Waals surface area contributed by atoms with Gasteiger partial charge in [0.05, 0.1) is 12.7 Å². The van der Waals surface area contributed by atoms with Gasteiger partial charge in [0.15, 0.2) is 0 Å². The minimum Gasteiger partial charge on any atom is -0.495 e. The van der Waals surface area contributed by atoms with E-state index in [0.29, 0.717) is 11.3 Å². The molecule has 1 saturated carbocycles. The van der Waals surface area contributed by atoms with E-state index in [-0.39, 0.29) is 0 Å². The van der Waals surface area contributed by atoms with E-state index in [1.165, 1.54) is 31.2 Å². The van der Waals surface area contributed by atoms with Crippen molar-refractivity contribution >= 4 is 0 Å². The molecule has 2 rings (SSSR count). The lowest BCUT2D eigenvalue weighted by Crippen LogP contribution is -2.32. The number of hydrogen-bond acceptors (Lipinski definition) is 3. The lowest BCUT2D eigenvalue weighted by molar-refractivity contribution is 0.200. The molecule has 3 nitrogen and oxygen atoms in total. The predicted octanol–water partition coefficient (Wildman–Crippen LogP) is 3.33. The summed E-state index contributed by atoms with van der Waals surface area (Å²) in [5.74, 6) is 0.662. The molecule has 0 heterocycles. The Hall–Kier alpha value is -1.53. The monoisotopic (exact) mass is 258 g/mol. The Morgan fingerprint density at radius 2 is 2.11 bits per heavy atom. The zero-order chi connectivity index (χ0) is 13.7. The summed E-state index contributed by atoms with van der Waals surface area (Å²) in [7, 11) is 1.60. The van der Waals surface area contributed by atoms with Crippen LogP contribution in [0.1, 0.15) is 43.7 Å². The largest absolute Gasteiger partial charge is 0.495 e. The van der Waals surface area contributed by atoms with Gasteiger partial charge in [0, 0.05) is 12.6 Å². The number of hydrogen-bond donors (Lipinski definition) is 0. The van der Waals surface area contributed by atoms with Gasteiger partial charge in [-0.15, -0.1) is 0 Å². The van der Waals surface area contributed by atoms with Crippen molar-refractivity contribution in [3.05, 3.63) is 29.3 Å². The number of methoxy groups -OCH3 is 1. The van der Waals surface area contributed by atoms with Crippen LogP contribution in [0.5, 0.6) is 5.75 Å². The van der Waals surface area contributed by atoms with Crippen LogP contribution in [-0.4, -0.2) is 24.6 Å². The van der Waals surface area contributed by atoms with Gasteiger partial charge < -0.3 is 4.74 Å². The molecule has 0 spiro atoms. The van der Waals surface area contributed by atoms with E-state index < -0.39 is 0 Å². The quantitative estimate of drug-likeness (QED) is 0.812. The molecule has 0 aliphatic heterocycles. The normalized spacial score (nSPS) is 15.7. The molecule has 0 unspecified atom stereocenters. The molecule has 1 aliphatic carbocycles. The lowest BCUT2D eigenvalue weighted by atomic mass is 10.1. The summed E-state index contributed by atoms with van der Waals surface area (Å²) in [6, 6.07) is 8.84. The Morgan fingerprint density at radius 3 is 2.68 bits per heavy atom. The van der Waals surface area contributed by atoms with Crippen molar-refractivity contribution in [3.63, 3.8) is 0 Å². The van der Waals surface area contributed by atoms with Crippen molar-refractivity contribution in [2.75, 3.05) is 13.7 Å². The molecule has 1 aliphatic rings. The van der Waals surface area contributed by atoms with Gasteiger partial charge in [-0.25, -0.2) is 0 Å². The van der Waals surface area contributed by atoms with Gasteiger partial charge in [-0.2, -0.15) is 5.26 Å². The summed E-state index contributed by atoms with van der Waals surface area (Å²) in [5.41, 5.74) is 1.83. The zero-order valence-corrected chi connectivity index (χ0v) is 11.9. The van der Waals surface area contributed by atoms with Crippen molar-refractivity contribution in [1.82, 2.24) is 4.90 Å². The molecule has 0 bridgehead atoms. The number of ether oxygens (including phenoxy) is 1. The van der Waals surface area contributed by atoms with Crippen LogP contribution in [0, 0.1) is 11.3 Å². The topological polar surface area (TPSA) is 36.3 Å². The van der Waals surface area contributed by atoms with Crippen molar-refractivity contribution in [2.45, 2.75) is 45.2 Å². The third-order valence-corrected chi connectivity index (χ3v) is 4.02. The van der Waals surface area contributed by atoms with Crippen LogP contribution in [0.2, 0.25) is 0 Å². The third-order valence-electron chi connectivity index (χ3n) is 4.02. The average Bonchev–Trinajstić information content (AvgIpc) is 2.98. The van der Waals surface area contributed by atoms with Crippen LogP contribution < -0.4 is 4.74 Å². The predicted molar refractivity (Wildman–Crippen MR) is 76.0 cm³/mol. The van der Waals surface area contributed by atoms with Crippen LogP contribution in [0.3, 0.4) is 0 Å². The highest BCUT2D eigenvalue weighted by molar-refractivity contribution is 5.45. The molecule has 1 aromatic carbocycles. The first-order chi connectivity index (χ1) is 9.28. The van der Waals surface area contributed by atoms with Gasteiger partial charge >= 0.3 is 0 Å². The second kappa shape index (κ2) is 6.58. The number of rotatable bonds is 5. The highest BCUT2D eigenvalue weighted by atomic mass is 16.5. The minimum absolute atomic E-state index is 0.627. The highest BCUT2D eigenvalue weighted by Crippen LogP contribution is 2.26. The molecule has 0 saturated heterocycles. The molecule has 1 fully saturated rings. The van der Waals surface area contributed by atoms with Gasteiger partial charge in [-0.1, -0.05) is 25.8 Å². The first-order valence-corrected chi connectivity index (χ1v) is 7.09. The molecule has 0 aromatic heterocycles. The van der Waals surface area contributed by atoms with Crippen molar-refractivity contribution in [2.24, 2.45) is 0 Å². The smallest absolute Gasteiger partial charge is 0.136 e. The zero-order valence-electron chi connectivity index (χ0n) is 11.9. The third kappa shape index (κ3) is 3.27. The summed E-state index contributed by atoms with van der Waals surface area (Å²) < 4.78 is 5.19. The molecule has 102 valence electrons. The highest BCUT2D eigenvalue weighted by Gasteiger charge is 2.21. The Bertz CT molecular complexity index is 458. The van der Waals surface area contributed by atoms with E-state index in [4.69, 9.17) is 10.00 Å². The van der Waals surface area contributed by atoms with Crippen LogP contribution in [0.4, 0.5) is 0 Å². The maximum atomic E-state index is 9.13. The molecule has 3 heteroatoms. The van der Waals surface area contributed by atoms with Gasteiger partial charge in [0.1, 0.15) is 11.8 Å². The van der Waals surface area contributed by atoms with Crippen molar-refractivity contribution < 1.29 is 4.74 Å². The molecular weight excluding hydrogens is 236 g/mol. The Balaban J connectivity index is 2.11. The minimum atomic E-state index is 0.627. The molecule has 19 heavy (non-hydrogen) atoms. The first-order valence-electron chi connectivity index (χ1n) is 7.09. The Morgan fingerprint density at radius 1 is 1.37 bits per heavy atom. The van der Waals surface area contributed by atoms with E-state index in [1.54, 1.807) is 7.11 Å². The molecule has 1 aromatic rings. The van der Waals surface area contributed by atoms with Crippen molar-refractivity contribution in [1.29, 1.82) is 5.26 Å². The van der Waals surface area contributed by atoms with Crippen LogP contribution >= 0.6 is 0 Å². The van der Waals surface area contributed by atoms with Gasteiger partial charge in [-0.05, 0) is 37.1 Å².